The Morgan fingerprint density at radius 2 is 2.00 bits per heavy atom. The molecule has 2 aromatic carbocycles. The number of amides is 1. The third kappa shape index (κ3) is 4.50. The molecule has 1 N–H and O–H groups in total. The van der Waals surface area contributed by atoms with E-state index in [-0.39, 0.29) is 17.6 Å². The SMILES string of the molecule is COc1ccc2c(c1)OC(C)(C)C[C@H]2NC(=O)CCc1ccc(Cl)cc1. The number of hydrogen-bond acceptors (Lipinski definition) is 3. The molecule has 0 saturated carbocycles. The molecule has 3 rings (SSSR count). The lowest BCUT2D eigenvalue weighted by Crippen LogP contribution is -2.41. The molecule has 0 aliphatic carbocycles. The topological polar surface area (TPSA) is 47.6 Å². The number of carbonyl (C=O) groups excluding carboxylic acids is 1. The van der Waals surface area contributed by atoms with Crippen molar-refractivity contribution in [3.63, 3.8) is 0 Å². The first-order chi connectivity index (χ1) is 12.4. The van der Waals surface area contributed by atoms with Crippen LogP contribution in [0.5, 0.6) is 11.5 Å². The summed E-state index contributed by atoms with van der Waals surface area (Å²) in [6.45, 7) is 4.06. The van der Waals surface area contributed by atoms with Crippen LogP contribution in [0.2, 0.25) is 5.02 Å². The molecule has 0 spiro atoms. The quantitative estimate of drug-likeness (QED) is 0.826. The second-order valence-electron chi connectivity index (χ2n) is 7.22. The van der Waals surface area contributed by atoms with E-state index >= 15 is 0 Å². The van der Waals surface area contributed by atoms with Crippen molar-refractivity contribution in [3.05, 3.63) is 58.6 Å². The highest BCUT2D eigenvalue weighted by atomic mass is 35.5. The summed E-state index contributed by atoms with van der Waals surface area (Å²) in [6, 6.07) is 13.3. The van der Waals surface area contributed by atoms with Crippen LogP contribution in [-0.4, -0.2) is 18.6 Å². The average molecular weight is 374 g/mol. The standard InChI is InChI=1S/C21H24ClNO3/c1-21(2)13-18(17-10-9-16(25-3)12-19(17)26-21)23-20(24)11-6-14-4-7-15(22)8-5-14/h4-5,7-10,12,18H,6,11,13H2,1-3H3,(H,23,24)/t18-/m1/s1. The van der Waals surface area contributed by atoms with Crippen molar-refractivity contribution in [2.75, 3.05) is 7.11 Å². The van der Waals surface area contributed by atoms with Crippen LogP contribution in [0.25, 0.3) is 0 Å². The molecule has 2 aromatic rings. The van der Waals surface area contributed by atoms with Gasteiger partial charge in [-0.1, -0.05) is 23.7 Å². The van der Waals surface area contributed by atoms with Gasteiger partial charge in [-0.25, -0.2) is 0 Å². The average Bonchev–Trinajstić information content (AvgIpc) is 2.59. The largest absolute Gasteiger partial charge is 0.497 e. The van der Waals surface area contributed by atoms with Crippen molar-refractivity contribution in [1.82, 2.24) is 5.32 Å². The van der Waals surface area contributed by atoms with Gasteiger partial charge < -0.3 is 14.8 Å². The molecule has 4 nitrogen and oxygen atoms in total. The lowest BCUT2D eigenvalue weighted by atomic mass is 9.89. The Bertz CT molecular complexity index is 786. The minimum atomic E-state index is -0.354. The van der Waals surface area contributed by atoms with Crippen LogP contribution in [0.3, 0.4) is 0 Å². The number of hydrogen-bond donors (Lipinski definition) is 1. The van der Waals surface area contributed by atoms with Crippen LogP contribution < -0.4 is 14.8 Å². The first kappa shape index (κ1) is 18.6. The van der Waals surface area contributed by atoms with E-state index in [2.05, 4.69) is 5.32 Å². The molecule has 5 heteroatoms. The predicted molar refractivity (Wildman–Crippen MR) is 103 cm³/mol. The summed E-state index contributed by atoms with van der Waals surface area (Å²) >= 11 is 5.90. The molecule has 1 heterocycles. The third-order valence-electron chi connectivity index (χ3n) is 4.57. The van der Waals surface area contributed by atoms with E-state index in [1.165, 1.54) is 0 Å². The summed E-state index contributed by atoms with van der Waals surface area (Å²) in [6.07, 6.45) is 1.84. The van der Waals surface area contributed by atoms with Crippen LogP contribution in [0.15, 0.2) is 42.5 Å². The normalized spacial score (nSPS) is 17.8. The summed E-state index contributed by atoms with van der Waals surface area (Å²) in [4.78, 5) is 12.5. The number of carbonyl (C=O) groups is 1. The van der Waals surface area contributed by atoms with Gasteiger partial charge in [0.15, 0.2) is 0 Å². The predicted octanol–water partition coefficient (Wildman–Crippen LogP) is 4.70. The van der Waals surface area contributed by atoms with Crippen LogP contribution in [-0.2, 0) is 11.2 Å². The molecule has 0 radical (unpaired) electrons. The zero-order valence-electron chi connectivity index (χ0n) is 15.3. The number of methoxy groups -OCH3 is 1. The highest BCUT2D eigenvalue weighted by Gasteiger charge is 2.34. The van der Waals surface area contributed by atoms with E-state index in [4.69, 9.17) is 21.1 Å². The lowest BCUT2D eigenvalue weighted by Gasteiger charge is -2.38. The Balaban J connectivity index is 1.68. The highest BCUT2D eigenvalue weighted by molar-refractivity contribution is 6.30. The number of nitrogens with one attached hydrogen (secondary N) is 1. The first-order valence-corrected chi connectivity index (χ1v) is 9.15. The van der Waals surface area contributed by atoms with E-state index in [1.807, 2.05) is 56.3 Å². The van der Waals surface area contributed by atoms with Crippen LogP contribution >= 0.6 is 11.6 Å². The van der Waals surface area contributed by atoms with Gasteiger partial charge in [0.05, 0.1) is 13.2 Å². The number of halogens is 1. The molecule has 0 fully saturated rings. The molecule has 1 atom stereocenters. The Hall–Kier alpha value is -2.20. The minimum Gasteiger partial charge on any atom is -0.497 e. The van der Waals surface area contributed by atoms with Gasteiger partial charge in [0.25, 0.3) is 0 Å². The number of rotatable bonds is 5. The van der Waals surface area contributed by atoms with Gasteiger partial charge in [0.2, 0.25) is 5.91 Å². The molecule has 26 heavy (non-hydrogen) atoms. The number of aryl methyl sites for hydroxylation is 1. The maximum absolute atomic E-state index is 12.5. The molecule has 0 unspecified atom stereocenters. The Kier molecular flexibility index (Phi) is 5.42. The Labute approximate surface area is 159 Å². The number of ether oxygens (including phenoxy) is 2. The Morgan fingerprint density at radius 1 is 1.27 bits per heavy atom. The van der Waals surface area contributed by atoms with Crippen molar-refractivity contribution in [2.24, 2.45) is 0 Å². The molecule has 138 valence electrons. The molecule has 1 aliphatic rings. The summed E-state index contributed by atoms with van der Waals surface area (Å²) in [5.74, 6) is 1.54. The summed E-state index contributed by atoms with van der Waals surface area (Å²) in [5, 5.41) is 3.87. The second kappa shape index (κ2) is 7.58. The molecule has 1 amide bonds. The van der Waals surface area contributed by atoms with Crippen molar-refractivity contribution < 1.29 is 14.3 Å². The monoisotopic (exact) mass is 373 g/mol. The van der Waals surface area contributed by atoms with Crippen LogP contribution in [0, 0.1) is 0 Å². The van der Waals surface area contributed by atoms with Crippen molar-refractivity contribution in [2.45, 2.75) is 44.8 Å². The van der Waals surface area contributed by atoms with E-state index in [0.29, 0.717) is 17.9 Å². The summed E-state index contributed by atoms with van der Waals surface area (Å²) in [7, 11) is 1.63. The first-order valence-electron chi connectivity index (χ1n) is 8.77. The molecule has 0 aromatic heterocycles. The van der Waals surface area contributed by atoms with Gasteiger partial charge in [0.1, 0.15) is 17.1 Å². The van der Waals surface area contributed by atoms with Crippen LogP contribution in [0.4, 0.5) is 0 Å². The Morgan fingerprint density at radius 3 is 2.69 bits per heavy atom. The van der Waals surface area contributed by atoms with Crippen LogP contribution in [0.1, 0.15) is 43.9 Å². The summed E-state index contributed by atoms with van der Waals surface area (Å²) < 4.78 is 11.4. The maximum Gasteiger partial charge on any atom is 0.220 e. The molecular weight excluding hydrogens is 350 g/mol. The fourth-order valence-corrected chi connectivity index (χ4v) is 3.39. The number of fused-ring (bicyclic) bond motifs is 1. The van der Waals surface area contributed by atoms with Crippen molar-refractivity contribution in [1.29, 1.82) is 0 Å². The van der Waals surface area contributed by atoms with Crippen molar-refractivity contribution in [3.8, 4) is 11.5 Å². The van der Waals surface area contributed by atoms with Gasteiger partial charge in [-0.15, -0.1) is 0 Å². The van der Waals surface area contributed by atoms with E-state index in [1.54, 1.807) is 7.11 Å². The molecular formula is C21H24ClNO3. The van der Waals surface area contributed by atoms with E-state index in [0.717, 1.165) is 29.0 Å². The van der Waals surface area contributed by atoms with Gasteiger partial charge in [-0.3, -0.25) is 4.79 Å². The zero-order chi connectivity index (χ0) is 18.7. The smallest absolute Gasteiger partial charge is 0.220 e. The zero-order valence-corrected chi connectivity index (χ0v) is 16.1. The van der Waals surface area contributed by atoms with Gasteiger partial charge >= 0.3 is 0 Å². The summed E-state index contributed by atoms with van der Waals surface area (Å²) in [5.41, 5.74) is 1.74. The highest BCUT2D eigenvalue weighted by Crippen LogP contribution is 2.41. The van der Waals surface area contributed by atoms with Gasteiger partial charge in [-0.2, -0.15) is 0 Å². The fourth-order valence-electron chi connectivity index (χ4n) is 3.26. The van der Waals surface area contributed by atoms with Gasteiger partial charge in [0, 0.05) is 29.5 Å². The molecule has 0 saturated heterocycles. The minimum absolute atomic E-state index is 0.0319. The van der Waals surface area contributed by atoms with Gasteiger partial charge in [-0.05, 0) is 50.1 Å². The molecule has 1 aliphatic heterocycles. The second-order valence-corrected chi connectivity index (χ2v) is 7.65. The number of benzene rings is 2. The fraction of sp³-hybridized carbons (Fsp3) is 0.381. The van der Waals surface area contributed by atoms with Crippen molar-refractivity contribution >= 4 is 17.5 Å². The third-order valence-corrected chi connectivity index (χ3v) is 4.82. The van der Waals surface area contributed by atoms with E-state index in [9.17, 15) is 4.79 Å². The maximum atomic E-state index is 12.5. The lowest BCUT2D eigenvalue weighted by molar-refractivity contribution is -0.122. The van der Waals surface area contributed by atoms with E-state index < -0.39 is 0 Å². The molecule has 0 bridgehead atoms.